The lowest BCUT2D eigenvalue weighted by Gasteiger charge is -2.33. The summed E-state index contributed by atoms with van der Waals surface area (Å²) in [7, 11) is 0. The van der Waals surface area contributed by atoms with E-state index in [4.69, 9.17) is 9.47 Å². The molecule has 1 aromatic rings. The Balaban J connectivity index is 1.67. The van der Waals surface area contributed by atoms with Gasteiger partial charge < -0.3 is 14.6 Å². The predicted octanol–water partition coefficient (Wildman–Crippen LogP) is 3.41. The molecule has 0 aliphatic heterocycles. The number of benzene rings is 1. The first-order chi connectivity index (χ1) is 9.79. The molecule has 0 aromatic heterocycles. The van der Waals surface area contributed by atoms with E-state index in [0.29, 0.717) is 19.1 Å². The number of hydrogen-bond acceptors (Lipinski definition) is 3. The normalized spacial score (nSPS) is 26.4. The van der Waals surface area contributed by atoms with Crippen molar-refractivity contribution in [2.75, 3.05) is 13.2 Å². The minimum atomic E-state index is -0.306. The second-order valence-corrected chi connectivity index (χ2v) is 5.61. The van der Waals surface area contributed by atoms with E-state index in [9.17, 15) is 5.11 Å². The zero-order valence-corrected chi connectivity index (χ0v) is 12.3. The molecule has 1 fully saturated rings. The van der Waals surface area contributed by atoms with Crippen molar-refractivity contribution in [3.8, 4) is 5.75 Å². The third kappa shape index (κ3) is 4.80. The molecular weight excluding hydrogens is 252 g/mol. The van der Waals surface area contributed by atoms with Crippen LogP contribution in [0.4, 0.5) is 0 Å². The van der Waals surface area contributed by atoms with Crippen molar-refractivity contribution in [2.45, 2.75) is 51.2 Å². The van der Waals surface area contributed by atoms with Crippen LogP contribution in [0.1, 0.15) is 39.0 Å². The summed E-state index contributed by atoms with van der Waals surface area (Å²) in [5, 5.41) is 10.0. The van der Waals surface area contributed by atoms with Crippen LogP contribution in [-0.2, 0) is 4.74 Å². The Labute approximate surface area is 121 Å². The Kier molecular flexibility index (Phi) is 6.34. The van der Waals surface area contributed by atoms with E-state index in [1.165, 1.54) is 12.8 Å². The van der Waals surface area contributed by atoms with Gasteiger partial charge in [-0.2, -0.15) is 0 Å². The van der Waals surface area contributed by atoms with Gasteiger partial charge in [-0.25, -0.2) is 0 Å². The first-order valence-electron chi connectivity index (χ1n) is 7.77. The van der Waals surface area contributed by atoms with Crippen molar-refractivity contribution in [3.63, 3.8) is 0 Å². The van der Waals surface area contributed by atoms with Crippen LogP contribution in [-0.4, -0.2) is 30.5 Å². The van der Waals surface area contributed by atoms with Gasteiger partial charge in [-0.15, -0.1) is 0 Å². The van der Waals surface area contributed by atoms with Crippen LogP contribution < -0.4 is 4.74 Å². The summed E-state index contributed by atoms with van der Waals surface area (Å²) < 4.78 is 11.4. The molecule has 3 atom stereocenters. The Morgan fingerprint density at radius 1 is 1.15 bits per heavy atom. The Hall–Kier alpha value is -1.06. The maximum atomic E-state index is 10.0. The van der Waals surface area contributed by atoms with Crippen molar-refractivity contribution in [3.05, 3.63) is 30.3 Å². The van der Waals surface area contributed by atoms with Gasteiger partial charge in [-0.1, -0.05) is 38.0 Å². The third-order valence-corrected chi connectivity index (χ3v) is 3.99. The predicted molar refractivity (Wildman–Crippen MR) is 79.9 cm³/mol. The molecule has 3 unspecified atom stereocenters. The first kappa shape index (κ1) is 15.3. The molecule has 1 aromatic carbocycles. The van der Waals surface area contributed by atoms with E-state index in [1.807, 2.05) is 30.3 Å². The molecule has 0 radical (unpaired) electrons. The number of ether oxygens (including phenoxy) is 2. The summed E-state index contributed by atoms with van der Waals surface area (Å²) >= 11 is 0. The molecule has 0 spiro atoms. The lowest BCUT2D eigenvalue weighted by atomic mass is 9.83. The smallest absolute Gasteiger partial charge is 0.119 e. The first-order valence-corrected chi connectivity index (χ1v) is 7.77. The maximum Gasteiger partial charge on any atom is 0.119 e. The quantitative estimate of drug-likeness (QED) is 0.777. The van der Waals surface area contributed by atoms with Crippen molar-refractivity contribution in [2.24, 2.45) is 5.92 Å². The summed E-state index contributed by atoms with van der Waals surface area (Å²) in [5.41, 5.74) is 0. The van der Waals surface area contributed by atoms with E-state index < -0.39 is 0 Å². The SMILES string of the molecule is CCCC1CCC(O)C(OCCOc2ccccc2)C1. The van der Waals surface area contributed by atoms with Gasteiger partial charge in [0.15, 0.2) is 0 Å². The van der Waals surface area contributed by atoms with Crippen LogP contribution in [0.2, 0.25) is 0 Å². The highest BCUT2D eigenvalue weighted by atomic mass is 16.5. The molecule has 20 heavy (non-hydrogen) atoms. The maximum absolute atomic E-state index is 10.0. The molecular formula is C17H26O3. The average Bonchev–Trinajstić information content (AvgIpc) is 2.48. The van der Waals surface area contributed by atoms with Gasteiger partial charge in [-0.05, 0) is 37.3 Å². The Morgan fingerprint density at radius 2 is 1.95 bits per heavy atom. The van der Waals surface area contributed by atoms with Crippen LogP contribution in [0.3, 0.4) is 0 Å². The lowest BCUT2D eigenvalue weighted by Crippen LogP contribution is -2.36. The summed E-state index contributed by atoms with van der Waals surface area (Å²) in [5.74, 6) is 1.58. The van der Waals surface area contributed by atoms with E-state index in [0.717, 1.165) is 25.0 Å². The highest BCUT2D eigenvalue weighted by Gasteiger charge is 2.29. The van der Waals surface area contributed by atoms with Gasteiger partial charge in [-0.3, -0.25) is 0 Å². The molecule has 3 heteroatoms. The molecule has 1 aliphatic carbocycles. The summed E-state index contributed by atoms with van der Waals surface area (Å²) in [6.07, 6.45) is 5.13. The molecule has 0 amide bonds. The zero-order valence-electron chi connectivity index (χ0n) is 12.3. The zero-order chi connectivity index (χ0) is 14.2. The number of rotatable bonds is 7. The highest BCUT2D eigenvalue weighted by molar-refractivity contribution is 5.20. The monoisotopic (exact) mass is 278 g/mol. The van der Waals surface area contributed by atoms with Gasteiger partial charge >= 0.3 is 0 Å². The molecule has 1 aliphatic rings. The van der Waals surface area contributed by atoms with Crippen LogP contribution in [0, 0.1) is 5.92 Å². The second kappa shape index (κ2) is 8.28. The molecule has 0 saturated heterocycles. The summed E-state index contributed by atoms with van der Waals surface area (Å²) in [4.78, 5) is 0. The van der Waals surface area contributed by atoms with Crippen molar-refractivity contribution >= 4 is 0 Å². The lowest BCUT2D eigenvalue weighted by molar-refractivity contribution is -0.0775. The number of hydrogen-bond donors (Lipinski definition) is 1. The fourth-order valence-corrected chi connectivity index (χ4v) is 2.92. The van der Waals surface area contributed by atoms with Crippen LogP contribution in [0.5, 0.6) is 5.75 Å². The third-order valence-electron chi connectivity index (χ3n) is 3.99. The molecule has 1 N–H and O–H groups in total. The van der Waals surface area contributed by atoms with Crippen LogP contribution >= 0.6 is 0 Å². The summed E-state index contributed by atoms with van der Waals surface area (Å²) in [6, 6.07) is 9.75. The van der Waals surface area contributed by atoms with E-state index in [1.54, 1.807) is 0 Å². The average molecular weight is 278 g/mol. The van der Waals surface area contributed by atoms with Gasteiger partial charge in [0, 0.05) is 0 Å². The molecule has 3 nitrogen and oxygen atoms in total. The van der Waals surface area contributed by atoms with E-state index in [-0.39, 0.29) is 12.2 Å². The van der Waals surface area contributed by atoms with Crippen molar-refractivity contribution in [1.29, 1.82) is 0 Å². The van der Waals surface area contributed by atoms with Gasteiger partial charge in [0.1, 0.15) is 12.4 Å². The van der Waals surface area contributed by atoms with Crippen LogP contribution in [0.15, 0.2) is 30.3 Å². The number of aliphatic hydroxyl groups is 1. The van der Waals surface area contributed by atoms with Crippen molar-refractivity contribution in [1.82, 2.24) is 0 Å². The van der Waals surface area contributed by atoms with E-state index in [2.05, 4.69) is 6.92 Å². The molecule has 0 heterocycles. The molecule has 0 bridgehead atoms. The minimum absolute atomic E-state index is 0.0142. The largest absolute Gasteiger partial charge is 0.491 e. The molecule has 112 valence electrons. The molecule has 2 rings (SSSR count). The van der Waals surface area contributed by atoms with Gasteiger partial charge in [0.05, 0.1) is 18.8 Å². The Morgan fingerprint density at radius 3 is 2.70 bits per heavy atom. The van der Waals surface area contributed by atoms with Gasteiger partial charge in [0.2, 0.25) is 0 Å². The Bertz CT molecular complexity index is 366. The topological polar surface area (TPSA) is 38.7 Å². The molecule has 1 saturated carbocycles. The minimum Gasteiger partial charge on any atom is -0.491 e. The van der Waals surface area contributed by atoms with Crippen LogP contribution in [0.25, 0.3) is 0 Å². The van der Waals surface area contributed by atoms with Gasteiger partial charge in [0.25, 0.3) is 0 Å². The standard InChI is InChI=1S/C17H26O3/c1-2-6-14-9-10-16(18)17(13-14)20-12-11-19-15-7-4-3-5-8-15/h3-5,7-8,14,16-18H,2,6,9-13H2,1H3. The second-order valence-electron chi connectivity index (χ2n) is 5.61. The summed E-state index contributed by atoms with van der Waals surface area (Å²) in [6.45, 7) is 3.29. The van der Waals surface area contributed by atoms with Crippen molar-refractivity contribution < 1.29 is 14.6 Å². The number of aliphatic hydroxyl groups excluding tert-OH is 1. The van der Waals surface area contributed by atoms with E-state index >= 15 is 0 Å². The fourth-order valence-electron chi connectivity index (χ4n) is 2.92. The fraction of sp³-hybridized carbons (Fsp3) is 0.647. The highest BCUT2D eigenvalue weighted by Crippen LogP contribution is 2.29. The number of para-hydroxylation sites is 1.